The maximum atomic E-state index is 12.8. The Morgan fingerprint density at radius 3 is 2.67 bits per heavy atom. The molecule has 0 spiro atoms. The van der Waals surface area contributed by atoms with Gasteiger partial charge in [0.15, 0.2) is 5.96 Å². The molecular formula is C18H17BrF3N5. The Hall–Kier alpha value is -2.55. The first-order valence-electron chi connectivity index (χ1n) is 8.09. The zero-order chi connectivity index (χ0) is 19.4. The average molecular weight is 440 g/mol. The lowest BCUT2D eigenvalue weighted by atomic mass is 10.1. The highest BCUT2D eigenvalue weighted by Crippen LogP contribution is 2.29. The molecule has 0 aliphatic heterocycles. The molecular weight excluding hydrogens is 423 g/mol. The van der Waals surface area contributed by atoms with E-state index in [0.717, 1.165) is 27.9 Å². The molecule has 0 unspecified atom stereocenters. The molecule has 0 aliphatic carbocycles. The van der Waals surface area contributed by atoms with Gasteiger partial charge in [-0.05, 0) is 45.8 Å². The number of halogens is 4. The average Bonchev–Trinajstić information content (AvgIpc) is 3.03. The van der Waals surface area contributed by atoms with E-state index in [-0.39, 0.29) is 6.54 Å². The first-order chi connectivity index (χ1) is 12.8. The molecule has 5 nitrogen and oxygen atoms in total. The van der Waals surface area contributed by atoms with E-state index >= 15 is 0 Å². The van der Waals surface area contributed by atoms with Crippen molar-refractivity contribution in [2.24, 2.45) is 4.99 Å². The predicted molar refractivity (Wildman–Crippen MR) is 101 cm³/mol. The lowest BCUT2D eigenvalue weighted by Gasteiger charge is -2.12. The van der Waals surface area contributed by atoms with Gasteiger partial charge in [0.2, 0.25) is 0 Å². The van der Waals surface area contributed by atoms with Crippen molar-refractivity contribution in [3.05, 3.63) is 70.1 Å². The number of aliphatic imine (C=N–C) groups is 1. The van der Waals surface area contributed by atoms with Gasteiger partial charge in [-0.15, -0.1) is 0 Å². The summed E-state index contributed by atoms with van der Waals surface area (Å²) in [5.74, 6) is 0.477. The van der Waals surface area contributed by atoms with Crippen molar-refractivity contribution in [2.75, 3.05) is 7.05 Å². The number of imidazole rings is 1. The fourth-order valence-corrected chi connectivity index (χ4v) is 2.89. The molecule has 0 aliphatic rings. The first-order valence-corrected chi connectivity index (χ1v) is 8.88. The highest BCUT2D eigenvalue weighted by Gasteiger charge is 2.30. The molecule has 3 aromatic rings. The molecule has 1 aromatic carbocycles. The van der Waals surface area contributed by atoms with Crippen LogP contribution in [0.15, 0.2) is 58.3 Å². The van der Waals surface area contributed by atoms with Crippen molar-refractivity contribution >= 4 is 27.5 Å². The lowest BCUT2D eigenvalue weighted by molar-refractivity contribution is -0.137. The van der Waals surface area contributed by atoms with Crippen LogP contribution in [0.5, 0.6) is 0 Å². The largest absolute Gasteiger partial charge is 0.416 e. The van der Waals surface area contributed by atoms with E-state index in [1.54, 1.807) is 13.1 Å². The number of hydrogen-bond donors (Lipinski definition) is 2. The molecule has 2 aromatic heterocycles. The Bertz CT molecular complexity index is 965. The molecule has 3 rings (SSSR count). The summed E-state index contributed by atoms with van der Waals surface area (Å²) in [5, 5.41) is 6.11. The van der Waals surface area contributed by atoms with Crippen LogP contribution < -0.4 is 10.6 Å². The maximum Gasteiger partial charge on any atom is 0.416 e. The van der Waals surface area contributed by atoms with Crippen molar-refractivity contribution in [3.63, 3.8) is 0 Å². The number of fused-ring (bicyclic) bond motifs is 1. The Kier molecular flexibility index (Phi) is 5.69. The third-order valence-corrected chi connectivity index (χ3v) is 4.31. The van der Waals surface area contributed by atoms with Crippen LogP contribution in [0.3, 0.4) is 0 Å². The minimum Gasteiger partial charge on any atom is -0.352 e. The molecule has 2 N–H and O–H groups in total. The highest BCUT2D eigenvalue weighted by molar-refractivity contribution is 9.10. The van der Waals surface area contributed by atoms with E-state index < -0.39 is 11.7 Å². The quantitative estimate of drug-likeness (QED) is 0.477. The summed E-state index contributed by atoms with van der Waals surface area (Å²) >= 11 is 3.41. The van der Waals surface area contributed by atoms with Crippen LogP contribution in [0.25, 0.3) is 5.65 Å². The summed E-state index contributed by atoms with van der Waals surface area (Å²) in [5.41, 5.74) is 1.49. The lowest BCUT2D eigenvalue weighted by Crippen LogP contribution is -2.36. The summed E-state index contributed by atoms with van der Waals surface area (Å²) < 4.78 is 41.2. The van der Waals surface area contributed by atoms with Crippen LogP contribution in [0, 0.1) is 0 Å². The van der Waals surface area contributed by atoms with Crippen molar-refractivity contribution in [3.8, 4) is 0 Å². The minimum atomic E-state index is -4.35. The van der Waals surface area contributed by atoms with Gasteiger partial charge in [0.25, 0.3) is 0 Å². The molecule has 0 bridgehead atoms. The summed E-state index contributed by atoms with van der Waals surface area (Å²) in [6.45, 7) is 0.656. The Morgan fingerprint density at radius 2 is 1.93 bits per heavy atom. The van der Waals surface area contributed by atoms with Gasteiger partial charge in [-0.1, -0.05) is 12.1 Å². The molecule has 142 valence electrons. The fourth-order valence-electron chi connectivity index (χ4n) is 2.54. The second-order valence-corrected chi connectivity index (χ2v) is 6.74. The number of guanidine groups is 1. The van der Waals surface area contributed by atoms with Crippen molar-refractivity contribution < 1.29 is 13.2 Å². The molecule has 0 radical (unpaired) electrons. The second kappa shape index (κ2) is 7.99. The summed E-state index contributed by atoms with van der Waals surface area (Å²) in [7, 11) is 1.60. The third-order valence-electron chi connectivity index (χ3n) is 3.84. The van der Waals surface area contributed by atoms with Gasteiger partial charge in [0, 0.05) is 30.5 Å². The molecule has 0 amide bonds. The van der Waals surface area contributed by atoms with Gasteiger partial charge >= 0.3 is 6.18 Å². The van der Waals surface area contributed by atoms with Crippen molar-refractivity contribution in [2.45, 2.75) is 19.3 Å². The standard InChI is InChI=1S/C18H17BrF3N5/c1-23-17(24-8-12-3-2-4-13(7-12)18(20,21)22)25-9-15-11-27-10-14(19)5-6-16(27)26-15/h2-7,10-11H,8-9H2,1H3,(H2,23,24,25). The van der Waals surface area contributed by atoms with Gasteiger partial charge in [0.05, 0.1) is 17.8 Å². The Morgan fingerprint density at radius 1 is 1.15 bits per heavy atom. The van der Waals surface area contributed by atoms with E-state index in [4.69, 9.17) is 0 Å². The summed E-state index contributed by atoms with van der Waals surface area (Å²) in [6.07, 6.45) is -0.548. The number of hydrogen-bond acceptors (Lipinski definition) is 2. The van der Waals surface area contributed by atoms with Gasteiger partial charge in [0.1, 0.15) is 5.65 Å². The maximum absolute atomic E-state index is 12.8. The van der Waals surface area contributed by atoms with Crippen LogP contribution >= 0.6 is 15.9 Å². The van der Waals surface area contributed by atoms with E-state index in [1.165, 1.54) is 6.07 Å². The van der Waals surface area contributed by atoms with Gasteiger partial charge in [-0.25, -0.2) is 4.98 Å². The number of nitrogens with one attached hydrogen (secondary N) is 2. The molecule has 0 saturated carbocycles. The Balaban J connectivity index is 1.59. The minimum absolute atomic E-state index is 0.224. The smallest absolute Gasteiger partial charge is 0.352 e. The first kappa shape index (κ1) is 19.2. The summed E-state index contributed by atoms with van der Waals surface area (Å²) in [6, 6.07) is 9.02. The zero-order valence-corrected chi connectivity index (χ0v) is 16.0. The van der Waals surface area contributed by atoms with E-state index in [2.05, 4.69) is 36.5 Å². The second-order valence-electron chi connectivity index (χ2n) is 5.82. The van der Waals surface area contributed by atoms with Crippen LogP contribution in [-0.4, -0.2) is 22.4 Å². The van der Waals surface area contributed by atoms with Crippen LogP contribution in [-0.2, 0) is 19.3 Å². The normalized spacial score (nSPS) is 12.4. The SMILES string of the molecule is CN=C(NCc1cccc(C(F)(F)F)c1)NCc1cn2cc(Br)ccc2n1. The molecule has 0 fully saturated rings. The Labute approximate surface area is 162 Å². The number of benzene rings is 1. The monoisotopic (exact) mass is 439 g/mol. The van der Waals surface area contributed by atoms with E-state index in [1.807, 2.05) is 28.9 Å². The van der Waals surface area contributed by atoms with Gasteiger partial charge in [-0.2, -0.15) is 13.2 Å². The molecule has 0 saturated heterocycles. The van der Waals surface area contributed by atoms with Gasteiger partial charge in [-0.3, -0.25) is 4.99 Å². The van der Waals surface area contributed by atoms with Crippen molar-refractivity contribution in [1.82, 2.24) is 20.0 Å². The van der Waals surface area contributed by atoms with Crippen molar-refractivity contribution in [1.29, 1.82) is 0 Å². The zero-order valence-electron chi connectivity index (χ0n) is 14.4. The number of alkyl halides is 3. The molecule has 9 heteroatoms. The van der Waals surface area contributed by atoms with Crippen LogP contribution in [0.2, 0.25) is 0 Å². The number of nitrogens with zero attached hydrogens (tertiary/aromatic N) is 3. The fraction of sp³-hybridized carbons (Fsp3) is 0.222. The molecule has 2 heterocycles. The van der Waals surface area contributed by atoms with Crippen LogP contribution in [0.1, 0.15) is 16.8 Å². The third kappa shape index (κ3) is 5.00. The predicted octanol–water partition coefficient (Wildman–Crippen LogP) is 3.98. The highest BCUT2D eigenvalue weighted by atomic mass is 79.9. The number of aromatic nitrogens is 2. The summed E-state index contributed by atoms with van der Waals surface area (Å²) in [4.78, 5) is 8.58. The van der Waals surface area contributed by atoms with Crippen LogP contribution in [0.4, 0.5) is 13.2 Å². The van der Waals surface area contributed by atoms with E-state index in [9.17, 15) is 13.2 Å². The van der Waals surface area contributed by atoms with E-state index in [0.29, 0.717) is 18.1 Å². The topological polar surface area (TPSA) is 53.7 Å². The molecule has 0 atom stereocenters. The molecule has 27 heavy (non-hydrogen) atoms. The number of rotatable bonds is 4. The van der Waals surface area contributed by atoms with Gasteiger partial charge < -0.3 is 15.0 Å². The number of pyridine rings is 1.